The number of aromatic hydroxyl groups is 1. The molecule has 1 aromatic heterocycles. The van der Waals surface area contributed by atoms with E-state index in [9.17, 15) is 14.7 Å². The fourth-order valence-electron chi connectivity index (χ4n) is 4.23. The Morgan fingerprint density at radius 1 is 1.23 bits per heavy atom. The summed E-state index contributed by atoms with van der Waals surface area (Å²) in [5, 5.41) is 10.00. The molecule has 31 heavy (non-hydrogen) atoms. The summed E-state index contributed by atoms with van der Waals surface area (Å²) in [7, 11) is 1.36. The molecule has 0 saturated carbocycles. The lowest BCUT2D eigenvalue weighted by atomic mass is 9.97. The van der Waals surface area contributed by atoms with Crippen molar-refractivity contribution in [1.82, 2.24) is 9.47 Å². The molecule has 1 aliphatic rings. The van der Waals surface area contributed by atoms with Gasteiger partial charge >= 0.3 is 5.97 Å². The van der Waals surface area contributed by atoms with Gasteiger partial charge in [0.2, 0.25) is 0 Å². The molecule has 0 atom stereocenters. The summed E-state index contributed by atoms with van der Waals surface area (Å²) in [6.45, 7) is 6.83. The first kappa shape index (κ1) is 22.8. The van der Waals surface area contributed by atoms with E-state index in [2.05, 4.69) is 9.47 Å². The number of hydrogen-bond donors (Lipinski definition) is 2. The average molecular weight is 430 g/mol. The third-order valence-corrected chi connectivity index (χ3v) is 5.77. The van der Waals surface area contributed by atoms with Crippen LogP contribution in [-0.4, -0.2) is 66.4 Å². The molecule has 1 amide bonds. The number of benzene rings is 1. The lowest BCUT2D eigenvalue weighted by molar-refractivity contribution is -0.140. The largest absolute Gasteiger partial charge is 0.508 e. The minimum absolute atomic E-state index is 0.101. The summed E-state index contributed by atoms with van der Waals surface area (Å²) in [6.07, 6.45) is 1.48. The minimum Gasteiger partial charge on any atom is -0.508 e. The molecule has 2 heterocycles. The number of carbonyl (C=O) groups excluding carboxylic acids is 2. The molecule has 1 fully saturated rings. The molecular weight excluding hydrogens is 398 g/mol. The maximum absolute atomic E-state index is 12.4. The first-order valence-corrected chi connectivity index (χ1v) is 10.6. The number of phenolic OH excluding ortho intramolecular Hbond substituents is 1. The van der Waals surface area contributed by atoms with Crippen LogP contribution in [0.15, 0.2) is 24.3 Å². The zero-order valence-electron chi connectivity index (χ0n) is 18.2. The Morgan fingerprint density at radius 3 is 2.61 bits per heavy atom. The highest BCUT2D eigenvalue weighted by atomic mass is 16.5. The minimum atomic E-state index is -0.526. The van der Waals surface area contributed by atoms with E-state index in [1.54, 1.807) is 18.2 Å². The number of phenols is 1. The molecule has 0 bridgehead atoms. The number of nitrogens with zero attached hydrogens (tertiary/aromatic N) is 2. The SMILES string of the molecule is COC(=O)CCc1c(-c2cccc(O)c2)c(C(N)=O)c(C)n1CCCN1CCOCC1. The van der Waals surface area contributed by atoms with Crippen molar-refractivity contribution in [2.24, 2.45) is 5.73 Å². The Morgan fingerprint density at radius 2 is 1.97 bits per heavy atom. The van der Waals surface area contributed by atoms with Crippen molar-refractivity contribution in [1.29, 1.82) is 0 Å². The van der Waals surface area contributed by atoms with Crippen molar-refractivity contribution in [3.05, 3.63) is 41.2 Å². The van der Waals surface area contributed by atoms with Crippen LogP contribution >= 0.6 is 0 Å². The van der Waals surface area contributed by atoms with Crippen molar-refractivity contribution in [3.63, 3.8) is 0 Å². The molecule has 8 heteroatoms. The lowest BCUT2D eigenvalue weighted by Gasteiger charge is -2.26. The van der Waals surface area contributed by atoms with Gasteiger partial charge in [0.05, 0.1) is 32.3 Å². The van der Waals surface area contributed by atoms with Gasteiger partial charge in [0, 0.05) is 43.1 Å². The van der Waals surface area contributed by atoms with Gasteiger partial charge in [-0.25, -0.2) is 0 Å². The molecule has 8 nitrogen and oxygen atoms in total. The number of rotatable bonds is 9. The van der Waals surface area contributed by atoms with E-state index in [0.29, 0.717) is 29.7 Å². The Kier molecular flexibility index (Phi) is 7.70. The highest BCUT2D eigenvalue weighted by molar-refractivity contribution is 6.02. The molecule has 0 aliphatic carbocycles. The molecule has 1 aliphatic heterocycles. The van der Waals surface area contributed by atoms with Crippen LogP contribution in [0.5, 0.6) is 5.75 Å². The third kappa shape index (κ3) is 5.45. The summed E-state index contributed by atoms with van der Waals surface area (Å²) >= 11 is 0. The molecular formula is C23H31N3O5. The van der Waals surface area contributed by atoms with Crippen molar-refractivity contribution >= 4 is 11.9 Å². The standard InChI is InChI=1S/C23H31N3O5/c1-16-21(23(24)29)22(17-5-3-6-18(27)15-17)19(7-8-20(28)30-2)26(16)10-4-9-25-11-13-31-14-12-25/h3,5-6,15,27H,4,7-14H2,1-2H3,(H2,24,29). The van der Waals surface area contributed by atoms with E-state index in [4.69, 9.17) is 15.2 Å². The van der Waals surface area contributed by atoms with Crippen LogP contribution in [0.2, 0.25) is 0 Å². The fraction of sp³-hybridized carbons (Fsp3) is 0.478. The van der Waals surface area contributed by atoms with Gasteiger partial charge in [0.15, 0.2) is 0 Å². The second kappa shape index (κ2) is 10.5. The molecule has 1 aromatic carbocycles. The molecule has 3 rings (SSSR count). The number of morpholine rings is 1. The summed E-state index contributed by atoms with van der Waals surface area (Å²) in [6, 6.07) is 6.75. The number of ether oxygens (including phenoxy) is 2. The van der Waals surface area contributed by atoms with Crippen molar-refractivity contribution in [2.45, 2.75) is 32.7 Å². The summed E-state index contributed by atoms with van der Waals surface area (Å²) in [4.78, 5) is 26.6. The predicted octanol–water partition coefficient (Wildman–Crippen LogP) is 2.10. The maximum Gasteiger partial charge on any atom is 0.305 e. The topological polar surface area (TPSA) is 107 Å². The molecule has 1 saturated heterocycles. The van der Waals surface area contributed by atoms with Gasteiger partial charge in [-0.1, -0.05) is 12.1 Å². The first-order chi connectivity index (χ1) is 14.9. The third-order valence-electron chi connectivity index (χ3n) is 5.77. The van der Waals surface area contributed by atoms with Gasteiger partial charge in [-0.15, -0.1) is 0 Å². The zero-order valence-corrected chi connectivity index (χ0v) is 18.2. The van der Waals surface area contributed by atoms with E-state index in [0.717, 1.165) is 50.7 Å². The monoisotopic (exact) mass is 429 g/mol. The quantitative estimate of drug-likeness (QED) is 0.591. The number of amides is 1. The number of methoxy groups -OCH3 is 1. The van der Waals surface area contributed by atoms with Gasteiger partial charge in [-0.2, -0.15) is 0 Å². The number of aromatic nitrogens is 1. The van der Waals surface area contributed by atoms with Gasteiger partial charge in [0.1, 0.15) is 5.75 Å². The molecule has 0 unspecified atom stereocenters. The van der Waals surface area contributed by atoms with Crippen LogP contribution in [0.1, 0.15) is 34.6 Å². The fourth-order valence-corrected chi connectivity index (χ4v) is 4.23. The van der Waals surface area contributed by atoms with Crippen LogP contribution in [0.4, 0.5) is 0 Å². The second-order valence-corrected chi connectivity index (χ2v) is 7.73. The number of nitrogens with two attached hydrogens (primary N) is 1. The van der Waals surface area contributed by atoms with E-state index in [1.165, 1.54) is 7.11 Å². The van der Waals surface area contributed by atoms with Crippen LogP contribution in [0.3, 0.4) is 0 Å². The summed E-state index contributed by atoms with van der Waals surface area (Å²) in [5.41, 5.74) is 9.20. The van der Waals surface area contributed by atoms with E-state index in [-0.39, 0.29) is 18.1 Å². The molecule has 0 radical (unpaired) electrons. The van der Waals surface area contributed by atoms with Gasteiger partial charge in [0.25, 0.3) is 5.91 Å². The van der Waals surface area contributed by atoms with Gasteiger partial charge < -0.3 is 24.9 Å². The summed E-state index contributed by atoms with van der Waals surface area (Å²) in [5.74, 6) is -0.743. The van der Waals surface area contributed by atoms with Crippen LogP contribution in [0, 0.1) is 6.92 Å². The van der Waals surface area contributed by atoms with Crippen LogP contribution in [-0.2, 0) is 27.2 Å². The Bertz CT molecular complexity index is 932. The van der Waals surface area contributed by atoms with E-state index >= 15 is 0 Å². The first-order valence-electron chi connectivity index (χ1n) is 10.6. The number of primary amides is 1. The smallest absolute Gasteiger partial charge is 0.305 e. The normalized spacial score (nSPS) is 14.5. The van der Waals surface area contributed by atoms with Crippen LogP contribution in [0.25, 0.3) is 11.1 Å². The zero-order chi connectivity index (χ0) is 22.4. The number of esters is 1. The molecule has 168 valence electrons. The Balaban J connectivity index is 1.97. The average Bonchev–Trinajstić information content (AvgIpc) is 3.04. The Labute approximate surface area is 182 Å². The molecule has 0 spiro atoms. The summed E-state index contributed by atoms with van der Waals surface area (Å²) < 4.78 is 12.3. The van der Waals surface area contributed by atoms with Crippen LogP contribution < -0.4 is 5.73 Å². The maximum atomic E-state index is 12.4. The lowest BCUT2D eigenvalue weighted by Crippen LogP contribution is -2.37. The molecule has 3 N–H and O–H groups in total. The number of carbonyl (C=O) groups is 2. The number of hydrogen-bond acceptors (Lipinski definition) is 6. The molecule has 2 aromatic rings. The van der Waals surface area contributed by atoms with Gasteiger partial charge in [-0.05, 0) is 37.5 Å². The van der Waals surface area contributed by atoms with Crippen molar-refractivity contribution < 1.29 is 24.2 Å². The Hall–Kier alpha value is -2.84. The second-order valence-electron chi connectivity index (χ2n) is 7.73. The van der Waals surface area contributed by atoms with Gasteiger partial charge in [-0.3, -0.25) is 14.5 Å². The van der Waals surface area contributed by atoms with E-state index < -0.39 is 5.91 Å². The predicted molar refractivity (Wildman–Crippen MR) is 117 cm³/mol. The highest BCUT2D eigenvalue weighted by Crippen LogP contribution is 2.35. The van der Waals surface area contributed by atoms with Crippen molar-refractivity contribution in [3.8, 4) is 16.9 Å². The van der Waals surface area contributed by atoms with E-state index in [1.807, 2.05) is 13.0 Å². The highest BCUT2D eigenvalue weighted by Gasteiger charge is 2.25. The van der Waals surface area contributed by atoms with Crippen molar-refractivity contribution in [2.75, 3.05) is 40.0 Å².